The van der Waals surface area contributed by atoms with Crippen molar-refractivity contribution in [1.82, 2.24) is 10.6 Å². The van der Waals surface area contributed by atoms with Gasteiger partial charge in [0.25, 0.3) is 20.4 Å². The second kappa shape index (κ2) is 27.2. The summed E-state index contributed by atoms with van der Waals surface area (Å²) >= 11 is 0. The van der Waals surface area contributed by atoms with E-state index in [0.29, 0.717) is 58.6 Å². The van der Waals surface area contributed by atoms with Crippen LogP contribution in [-0.2, 0) is 58.5 Å². The maximum absolute atomic E-state index is 14.1. The number of rotatable bonds is 14. The van der Waals surface area contributed by atoms with E-state index in [2.05, 4.69) is 91.4 Å². The molecule has 85 heavy (non-hydrogen) atoms. The Bertz CT molecular complexity index is 3570. The Balaban J connectivity index is 0.000000253. The fourth-order valence-electron chi connectivity index (χ4n) is 12.0. The standard InChI is InChI=1S/C32H41N3O6S.C32H40N2O4.H4N2O2S/c1-8-40-31(37)30-25(17-41-32(5,6)7)34-24-15-22(27-19(3)12-18(2)13-20(27)4)16-26(36)29(24)28(30)21-10-9-11-23(14-21)35-42(33,38)39;1-8-37-31(36)30-25(17-38-32(5,6)7)34-24-15-22(27-19(3)12-18(2)13-20(27)4)16-26(35)29(24)28(30)21-10-9-11-23(33)14-21;1-5(2,3)4/h9-14,22,28,34-35H,8,15-17H2,1-7H3,(H2,33,38,39);9-14,22,28,34H,8,15-17,33H2,1-7H3;(H4,1,2,3,4). The van der Waals surface area contributed by atoms with Crippen molar-refractivity contribution in [2.45, 2.75) is 157 Å². The first-order valence-corrected chi connectivity index (χ1v) is 31.5. The molecule has 2 aliphatic carbocycles. The maximum Gasteiger partial charge on any atom is 0.336 e. The van der Waals surface area contributed by atoms with Crippen LogP contribution in [0.15, 0.2) is 118 Å². The number of allylic oxidation sites excluding steroid dienone is 4. The van der Waals surface area contributed by atoms with Crippen molar-refractivity contribution in [2.24, 2.45) is 15.4 Å². The van der Waals surface area contributed by atoms with E-state index in [9.17, 15) is 36.0 Å². The summed E-state index contributed by atoms with van der Waals surface area (Å²) in [6, 6.07) is 22.7. The molecule has 460 valence electrons. The maximum atomic E-state index is 14.1. The molecule has 0 amide bonds. The molecule has 19 nitrogen and oxygen atoms in total. The third-order valence-corrected chi connectivity index (χ3v) is 15.3. The number of nitrogens with one attached hydrogen (secondary N) is 3. The van der Waals surface area contributed by atoms with Crippen molar-refractivity contribution in [3.05, 3.63) is 174 Å². The highest BCUT2D eigenvalue weighted by atomic mass is 32.2. The number of ether oxygens (including phenoxy) is 4. The molecule has 11 N–H and O–H groups in total. The number of carbonyl (C=O) groups excluding carboxylic acids is 4. The van der Waals surface area contributed by atoms with E-state index in [0.717, 1.165) is 33.6 Å². The summed E-state index contributed by atoms with van der Waals surface area (Å²) in [5.74, 6) is -2.45. The fourth-order valence-corrected chi connectivity index (χ4v) is 12.5. The molecule has 0 saturated carbocycles. The molecular weight excluding hydrogens is 1120 g/mol. The number of carbonyl (C=O) groups is 4. The molecule has 0 saturated heterocycles. The Hall–Kier alpha value is -6.98. The summed E-state index contributed by atoms with van der Waals surface area (Å²) in [7, 11) is -7.71. The lowest BCUT2D eigenvalue weighted by atomic mass is 9.70. The van der Waals surface area contributed by atoms with Crippen molar-refractivity contribution < 1.29 is 55.0 Å². The van der Waals surface area contributed by atoms with Gasteiger partial charge in [-0.3, -0.25) is 14.3 Å². The van der Waals surface area contributed by atoms with Crippen LogP contribution in [0.1, 0.15) is 160 Å². The third kappa shape index (κ3) is 17.8. The molecular formula is C64H85N7O12S2. The Morgan fingerprint density at radius 3 is 1.28 bits per heavy atom. The highest BCUT2D eigenvalue weighted by Crippen LogP contribution is 2.49. The largest absolute Gasteiger partial charge is 0.463 e. The number of aryl methyl sites for hydroxylation is 6. The van der Waals surface area contributed by atoms with E-state index in [4.69, 9.17) is 29.8 Å². The van der Waals surface area contributed by atoms with Crippen molar-refractivity contribution in [3.63, 3.8) is 0 Å². The van der Waals surface area contributed by atoms with Crippen molar-refractivity contribution in [2.75, 3.05) is 36.9 Å². The van der Waals surface area contributed by atoms with Gasteiger partial charge in [0.1, 0.15) is 0 Å². The summed E-state index contributed by atoms with van der Waals surface area (Å²) in [5.41, 5.74) is 21.4. The van der Waals surface area contributed by atoms with Crippen LogP contribution < -0.4 is 36.5 Å². The minimum Gasteiger partial charge on any atom is -0.463 e. The van der Waals surface area contributed by atoms with Crippen molar-refractivity contribution in [3.8, 4) is 0 Å². The van der Waals surface area contributed by atoms with E-state index >= 15 is 0 Å². The molecule has 4 unspecified atom stereocenters. The number of nitrogens with two attached hydrogens (primary N) is 4. The predicted octanol–water partition coefficient (Wildman–Crippen LogP) is 9.01. The van der Waals surface area contributed by atoms with Crippen LogP contribution in [0.4, 0.5) is 11.4 Å². The number of esters is 2. The third-order valence-electron chi connectivity index (χ3n) is 14.7. The first-order chi connectivity index (χ1) is 39.5. The highest BCUT2D eigenvalue weighted by Gasteiger charge is 2.45. The van der Waals surface area contributed by atoms with E-state index in [1.165, 1.54) is 27.8 Å². The normalized spacial score (nSPS) is 19.1. The molecule has 4 aromatic carbocycles. The summed E-state index contributed by atoms with van der Waals surface area (Å²) < 4.78 is 67.5. The Labute approximate surface area is 501 Å². The molecule has 2 aliphatic heterocycles. The number of hydrogen-bond acceptors (Lipinski definition) is 15. The highest BCUT2D eigenvalue weighted by molar-refractivity contribution is 7.90. The Kier molecular flexibility index (Phi) is 21.5. The van der Waals surface area contributed by atoms with Gasteiger partial charge >= 0.3 is 11.9 Å². The van der Waals surface area contributed by atoms with Gasteiger partial charge in [-0.05, 0) is 190 Å². The Morgan fingerprint density at radius 1 is 0.576 bits per heavy atom. The van der Waals surface area contributed by atoms with Crippen LogP contribution in [0.2, 0.25) is 0 Å². The first-order valence-electron chi connectivity index (χ1n) is 28.3. The zero-order valence-electron chi connectivity index (χ0n) is 51.4. The number of ketones is 2. The van der Waals surface area contributed by atoms with Crippen LogP contribution >= 0.6 is 0 Å². The molecule has 4 aromatic rings. The van der Waals surface area contributed by atoms with E-state index in [1.807, 2.05) is 59.7 Å². The molecule has 0 radical (unpaired) electrons. The predicted molar refractivity (Wildman–Crippen MR) is 331 cm³/mol. The lowest BCUT2D eigenvalue weighted by molar-refractivity contribution is -0.140. The zero-order chi connectivity index (χ0) is 63.3. The average molecular weight is 1210 g/mol. The molecule has 21 heteroatoms. The second-order valence-electron chi connectivity index (χ2n) is 24.1. The van der Waals surface area contributed by atoms with Crippen LogP contribution in [0.5, 0.6) is 0 Å². The molecule has 8 rings (SSSR count). The van der Waals surface area contributed by atoms with Gasteiger partial charge in [0.15, 0.2) is 11.6 Å². The Morgan fingerprint density at radius 2 is 0.941 bits per heavy atom. The van der Waals surface area contributed by atoms with Gasteiger partial charge < -0.3 is 35.3 Å². The second-order valence-corrected chi connectivity index (χ2v) is 26.6. The van der Waals surface area contributed by atoms with Gasteiger partial charge in [-0.15, -0.1) is 0 Å². The van der Waals surface area contributed by atoms with E-state index in [-0.39, 0.29) is 67.5 Å². The van der Waals surface area contributed by atoms with Crippen molar-refractivity contribution >= 4 is 55.3 Å². The summed E-state index contributed by atoms with van der Waals surface area (Å²) in [6.07, 6.45) is 1.89. The minimum absolute atomic E-state index is 0.0353. The molecule has 0 spiro atoms. The van der Waals surface area contributed by atoms with E-state index < -0.39 is 55.4 Å². The van der Waals surface area contributed by atoms with E-state index in [1.54, 1.807) is 44.2 Å². The number of nitrogen functional groups attached to an aromatic ring is 1. The number of anilines is 2. The fraction of sp³-hybridized carbons (Fsp3) is 0.438. The van der Waals surface area contributed by atoms with Gasteiger partial charge in [-0.1, -0.05) is 59.7 Å². The average Bonchev–Trinajstić information content (AvgIpc) is 0.825. The van der Waals surface area contributed by atoms with Gasteiger partial charge in [-0.25, -0.2) is 25.0 Å². The van der Waals surface area contributed by atoms with Gasteiger partial charge in [0.05, 0.1) is 65.9 Å². The summed E-state index contributed by atoms with van der Waals surface area (Å²) in [5, 5.41) is 20.4. The van der Waals surface area contributed by atoms with Crippen molar-refractivity contribution in [1.29, 1.82) is 0 Å². The topological polar surface area (TPSA) is 314 Å². The monoisotopic (exact) mass is 1210 g/mol. The molecule has 4 atom stereocenters. The number of dihydropyridines is 2. The van der Waals surface area contributed by atoms with Crippen LogP contribution in [0.25, 0.3) is 0 Å². The first kappa shape index (κ1) is 67.2. The lowest BCUT2D eigenvalue weighted by Gasteiger charge is -2.38. The smallest absolute Gasteiger partial charge is 0.336 e. The molecule has 4 aliphatic rings. The molecule has 0 aromatic heterocycles. The minimum atomic E-state index is -4.05. The number of hydrogen-bond donors (Lipinski definition) is 7. The number of Topliss-reactive ketones (excluding diaryl/α,β-unsaturated/α-hetero) is 2. The SMILES string of the molecule is CCOC(=O)C1=C(COC(C)(C)C)NC2=C(C(=O)CC(c3c(C)cc(C)cc3C)C2)C1c1cccc(N)c1.CCOC(=O)C1=C(COC(C)(C)C)NC2=C(C(=O)CC(c3c(C)cc(C)cc3C)C2)C1c1cccc(NS(N)(=O)=O)c1.NS(N)(=O)=O. The number of benzene rings is 4. The summed E-state index contributed by atoms with van der Waals surface area (Å²) in [4.78, 5) is 55.1. The van der Waals surface area contributed by atoms with Gasteiger partial charge in [-0.2, -0.15) is 16.8 Å². The van der Waals surface area contributed by atoms with Gasteiger partial charge in [0.2, 0.25) is 0 Å². The summed E-state index contributed by atoms with van der Waals surface area (Å²) in [6.45, 7) is 28.4. The molecule has 2 heterocycles. The lowest BCUT2D eigenvalue weighted by Crippen LogP contribution is -2.39. The zero-order valence-corrected chi connectivity index (χ0v) is 53.1. The van der Waals surface area contributed by atoms with Crippen LogP contribution in [0, 0.1) is 41.5 Å². The van der Waals surface area contributed by atoms with Crippen LogP contribution in [0.3, 0.4) is 0 Å². The molecule has 0 fully saturated rings. The quantitative estimate of drug-likeness (QED) is 0.0457. The van der Waals surface area contributed by atoms with Gasteiger partial charge in [0, 0.05) is 52.9 Å². The van der Waals surface area contributed by atoms with Crippen LogP contribution in [-0.4, -0.2) is 78.0 Å². The molecule has 0 bridgehead atoms.